The first kappa shape index (κ1) is 17.6. The van der Waals surface area contributed by atoms with Crippen LogP contribution in [0, 0.1) is 0 Å². The van der Waals surface area contributed by atoms with Gasteiger partial charge in [0.2, 0.25) is 0 Å². The number of anilines is 2. The van der Waals surface area contributed by atoms with Crippen molar-refractivity contribution in [2.24, 2.45) is 0 Å². The van der Waals surface area contributed by atoms with Gasteiger partial charge in [-0.3, -0.25) is 9.69 Å². The number of carbonyl (C=O) groups is 2. The minimum absolute atomic E-state index is 0.310. The zero-order valence-electron chi connectivity index (χ0n) is 14.1. The Labute approximate surface area is 165 Å². The lowest BCUT2D eigenvalue weighted by Gasteiger charge is -2.30. The van der Waals surface area contributed by atoms with Crippen molar-refractivity contribution >= 4 is 46.6 Å². The molecule has 1 aliphatic rings. The zero-order valence-corrected chi connectivity index (χ0v) is 15.7. The molecule has 1 aliphatic heterocycles. The number of carbonyl (C=O) groups excluding carboxylic acids is 2. The summed E-state index contributed by atoms with van der Waals surface area (Å²) >= 11 is 7.51. The number of amides is 1. The van der Waals surface area contributed by atoms with Gasteiger partial charge in [0.1, 0.15) is 0 Å². The van der Waals surface area contributed by atoms with Gasteiger partial charge in [0.15, 0.2) is 6.61 Å². The van der Waals surface area contributed by atoms with Crippen LogP contribution in [-0.2, 0) is 9.53 Å². The molecule has 4 nitrogen and oxygen atoms in total. The lowest BCUT2D eigenvalue weighted by molar-refractivity contribution is -0.121. The average Bonchev–Trinajstić information content (AvgIpc) is 2.70. The van der Waals surface area contributed by atoms with E-state index >= 15 is 0 Å². The van der Waals surface area contributed by atoms with Crippen LogP contribution >= 0.6 is 23.4 Å². The molecule has 0 atom stereocenters. The summed E-state index contributed by atoms with van der Waals surface area (Å²) in [6, 6.07) is 21.8. The molecule has 0 unspecified atom stereocenters. The first-order chi connectivity index (χ1) is 13.1. The van der Waals surface area contributed by atoms with E-state index in [0.717, 1.165) is 21.2 Å². The number of benzene rings is 3. The quantitative estimate of drug-likeness (QED) is 0.562. The van der Waals surface area contributed by atoms with Gasteiger partial charge in [-0.1, -0.05) is 53.7 Å². The van der Waals surface area contributed by atoms with Crippen LogP contribution < -0.4 is 4.90 Å². The van der Waals surface area contributed by atoms with E-state index in [-0.39, 0.29) is 12.5 Å². The van der Waals surface area contributed by atoms with Gasteiger partial charge in [0.25, 0.3) is 5.91 Å². The van der Waals surface area contributed by atoms with Crippen LogP contribution in [0.5, 0.6) is 0 Å². The Balaban J connectivity index is 1.58. The van der Waals surface area contributed by atoms with Crippen molar-refractivity contribution in [3.63, 3.8) is 0 Å². The first-order valence-electron chi connectivity index (χ1n) is 8.25. The van der Waals surface area contributed by atoms with Crippen LogP contribution in [0.3, 0.4) is 0 Å². The third kappa shape index (κ3) is 3.56. The fourth-order valence-electron chi connectivity index (χ4n) is 2.86. The number of halogens is 1. The summed E-state index contributed by atoms with van der Waals surface area (Å²) in [4.78, 5) is 28.7. The van der Waals surface area contributed by atoms with Gasteiger partial charge < -0.3 is 4.74 Å². The second-order valence-corrected chi connectivity index (χ2v) is 7.37. The van der Waals surface area contributed by atoms with Crippen molar-refractivity contribution < 1.29 is 14.3 Å². The third-order valence-corrected chi connectivity index (χ3v) is 5.43. The number of hydrogen-bond donors (Lipinski definition) is 0. The summed E-state index contributed by atoms with van der Waals surface area (Å²) in [7, 11) is 0. The standard InChI is InChI=1S/C21H14ClNO3S/c22-15-7-5-6-14(12-15)21(25)26-13-20(24)23-16-8-1-3-10-18(16)27-19-11-4-2-9-17(19)23/h1-12H,13H2. The Bertz CT molecular complexity index is 992. The van der Waals surface area contributed by atoms with Gasteiger partial charge >= 0.3 is 5.97 Å². The van der Waals surface area contributed by atoms with Crippen LogP contribution in [0.2, 0.25) is 5.02 Å². The Hall–Kier alpha value is -2.76. The van der Waals surface area contributed by atoms with Crippen LogP contribution in [0.1, 0.15) is 10.4 Å². The summed E-state index contributed by atoms with van der Waals surface area (Å²) in [5, 5.41) is 0.437. The normalized spacial score (nSPS) is 12.1. The van der Waals surface area contributed by atoms with Crippen molar-refractivity contribution in [1.29, 1.82) is 0 Å². The molecule has 3 aromatic carbocycles. The number of esters is 1. The molecule has 0 aliphatic carbocycles. The monoisotopic (exact) mass is 395 g/mol. The molecule has 0 N–H and O–H groups in total. The third-order valence-electron chi connectivity index (χ3n) is 4.07. The predicted octanol–water partition coefficient (Wildman–Crippen LogP) is 5.33. The Kier molecular flexibility index (Phi) is 4.88. The Morgan fingerprint density at radius 1 is 0.889 bits per heavy atom. The van der Waals surface area contributed by atoms with E-state index in [1.165, 1.54) is 6.07 Å². The predicted molar refractivity (Wildman–Crippen MR) is 106 cm³/mol. The van der Waals surface area contributed by atoms with Gasteiger partial charge in [0.05, 0.1) is 16.9 Å². The first-order valence-corrected chi connectivity index (χ1v) is 9.44. The zero-order chi connectivity index (χ0) is 18.8. The summed E-state index contributed by atoms with van der Waals surface area (Å²) in [6.45, 7) is -0.362. The molecule has 6 heteroatoms. The highest BCUT2D eigenvalue weighted by Crippen LogP contribution is 2.47. The van der Waals surface area contributed by atoms with E-state index in [9.17, 15) is 9.59 Å². The summed E-state index contributed by atoms with van der Waals surface area (Å²) < 4.78 is 5.23. The van der Waals surface area contributed by atoms with Crippen molar-refractivity contribution in [3.8, 4) is 0 Å². The van der Waals surface area contributed by atoms with Crippen LogP contribution in [0.25, 0.3) is 0 Å². The number of para-hydroxylation sites is 2. The summed E-state index contributed by atoms with van der Waals surface area (Å²) in [5.41, 5.74) is 1.88. The number of hydrogen-bond acceptors (Lipinski definition) is 4. The Morgan fingerprint density at radius 3 is 2.15 bits per heavy atom. The van der Waals surface area contributed by atoms with Crippen LogP contribution in [-0.4, -0.2) is 18.5 Å². The molecule has 27 heavy (non-hydrogen) atoms. The fourth-order valence-corrected chi connectivity index (χ4v) is 4.11. The maximum Gasteiger partial charge on any atom is 0.338 e. The molecule has 3 aromatic rings. The highest BCUT2D eigenvalue weighted by molar-refractivity contribution is 7.99. The SMILES string of the molecule is O=C(OCC(=O)N1c2ccccc2Sc2ccccc21)c1cccc(Cl)c1. The molecule has 134 valence electrons. The largest absolute Gasteiger partial charge is 0.452 e. The van der Waals surface area contributed by atoms with Crippen molar-refractivity contribution in [2.45, 2.75) is 9.79 Å². The minimum Gasteiger partial charge on any atom is -0.452 e. The molecule has 0 fully saturated rings. The van der Waals surface area contributed by atoms with E-state index in [0.29, 0.717) is 10.6 Å². The summed E-state index contributed by atoms with van der Waals surface area (Å²) in [5.74, 6) is -0.899. The van der Waals surface area contributed by atoms with Crippen molar-refractivity contribution in [2.75, 3.05) is 11.5 Å². The topological polar surface area (TPSA) is 46.6 Å². The highest BCUT2D eigenvalue weighted by atomic mass is 35.5. The molecule has 0 bridgehead atoms. The Morgan fingerprint density at radius 2 is 1.52 bits per heavy atom. The lowest BCUT2D eigenvalue weighted by atomic mass is 10.2. The van der Waals surface area contributed by atoms with Crippen LogP contribution in [0.4, 0.5) is 11.4 Å². The van der Waals surface area contributed by atoms with E-state index in [1.807, 2.05) is 48.5 Å². The van der Waals surface area contributed by atoms with Gasteiger partial charge in [-0.05, 0) is 42.5 Å². The highest BCUT2D eigenvalue weighted by Gasteiger charge is 2.28. The molecule has 0 aromatic heterocycles. The van der Waals surface area contributed by atoms with E-state index in [1.54, 1.807) is 34.9 Å². The molecule has 0 saturated carbocycles. The molecule has 4 rings (SSSR count). The van der Waals surface area contributed by atoms with Gasteiger partial charge in [0, 0.05) is 14.8 Å². The molecule has 0 saturated heterocycles. The number of fused-ring (bicyclic) bond motifs is 2. The molecule has 1 heterocycles. The van der Waals surface area contributed by atoms with Gasteiger partial charge in [-0.2, -0.15) is 0 Å². The van der Waals surface area contributed by atoms with Gasteiger partial charge in [-0.25, -0.2) is 4.79 Å². The lowest BCUT2D eigenvalue weighted by Crippen LogP contribution is -2.32. The van der Waals surface area contributed by atoms with E-state index in [2.05, 4.69) is 0 Å². The number of nitrogens with zero attached hydrogens (tertiary/aromatic N) is 1. The molecular formula is C21H14ClNO3S. The number of rotatable bonds is 3. The van der Waals surface area contributed by atoms with Crippen molar-refractivity contribution in [3.05, 3.63) is 83.4 Å². The molecule has 1 amide bonds. The van der Waals surface area contributed by atoms with Crippen LogP contribution in [0.15, 0.2) is 82.6 Å². The molecule has 0 radical (unpaired) electrons. The fraction of sp³-hybridized carbons (Fsp3) is 0.0476. The number of ether oxygens (including phenoxy) is 1. The second kappa shape index (κ2) is 7.47. The van der Waals surface area contributed by atoms with E-state index < -0.39 is 5.97 Å². The smallest absolute Gasteiger partial charge is 0.338 e. The second-order valence-electron chi connectivity index (χ2n) is 5.85. The van der Waals surface area contributed by atoms with Crippen molar-refractivity contribution in [1.82, 2.24) is 0 Å². The maximum absolute atomic E-state index is 12.9. The van der Waals surface area contributed by atoms with Gasteiger partial charge in [-0.15, -0.1) is 0 Å². The maximum atomic E-state index is 12.9. The summed E-state index contributed by atoms with van der Waals surface area (Å²) in [6.07, 6.45) is 0. The minimum atomic E-state index is -0.584. The molecule has 0 spiro atoms. The van der Waals surface area contributed by atoms with E-state index in [4.69, 9.17) is 16.3 Å². The average molecular weight is 396 g/mol. The molecular weight excluding hydrogens is 382 g/mol.